The van der Waals surface area contributed by atoms with Crippen LogP contribution in [0.25, 0.3) is 0 Å². The quantitative estimate of drug-likeness (QED) is 0.664. The molecule has 0 aromatic heterocycles. The Kier molecular flexibility index (Phi) is 3.57. The second-order valence-electron chi connectivity index (χ2n) is 5.48. The summed E-state index contributed by atoms with van der Waals surface area (Å²) in [6, 6.07) is 13.0. The molecule has 1 heterocycles. The van der Waals surface area contributed by atoms with Gasteiger partial charge in [0.25, 0.3) is 0 Å². The van der Waals surface area contributed by atoms with E-state index in [9.17, 15) is 0 Å². The lowest BCUT2D eigenvalue weighted by Gasteiger charge is -2.20. The fourth-order valence-electron chi connectivity index (χ4n) is 2.81. The highest BCUT2D eigenvalue weighted by molar-refractivity contribution is 5.42. The SMILES string of the molecule is Cc1ccc(C)c(C(NN)c2ccc3c(c2)COC3)c1. The second-order valence-corrected chi connectivity index (χ2v) is 5.48. The average Bonchev–Trinajstić information content (AvgIpc) is 2.91. The van der Waals surface area contributed by atoms with Crippen LogP contribution in [0.1, 0.15) is 39.4 Å². The summed E-state index contributed by atoms with van der Waals surface area (Å²) in [5, 5.41) is 0. The average molecular weight is 268 g/mol. The third-order valence-electron chi connectivity index (χ3n) is 3.99. The van der Waals surface area contributed by atoms with Crippen molar-refractivity contribution in [1.82, 2.24) is 5.43 Å². The fourth-order valence-corrected chi connectivity index (χ4v) is 2.81. The van der Waals surface area contributed by atoms with E-state index in [0.29, 0.717) is 6.61 Å². The molecule has 0 aliphatic carbocycles. The van der Waals surface area contributed by atoms with Gasteiger partial charge in [0, 0.05) is 0 Å². The van der Waals surface area contributed by atoms with Gasteiger partial charge in [-0.2, -0.15) is 0 Å². The van der Waals surface area contributed by atoms with Gasteiger partial charge in [0.2, 0.25) is 0 Å². The van der Waals surface area contributed by atoms with Crippen LogP contribution in [0.15, 0.2) is 36.4 Å². The minimum atomic E-state index is 0.0146. The van der Waals surface area contributed by atoms with Crippen molar-refractivity contribution in [3.8, 4) is 0 Å². The van der Waals surface area contributed by atoms with E-state index in [4.69, 9.17) is 10.6 Å². The third-order valence-corrected chi connectivity index (χ3v) is 3.99. The lowest BCUT2D eigenvalue weighted by atomic mass is 9.92. The van der Waals surface area contributed by atoms with E-state index >= 15 is 0 Å². The van der Waals surface area contributed by atoms with E-state index in [1.807, 2.05) is 0 Å². The molecule has 0 saturated carbocycles. The van der Waals surface area contributed by atoms with Crippen LogP contribution in [-0.4, -0.2) is 0 Å². The molecule has 0 fully saturated rings. The highest BCUT2D eigenvalue weighted by Crippen LogP contribution is 2.29. The van der Waals surface area contributed by atoms with Gasteiger partial charge in [-0.1, -0.05) is 42.0 Å². The molecule has 3 heteroatoms. The van der Waals surface area contributed by atoms with E-state index in [2.05, 4.69) is 55.7 Å². The molecule has 1 unspecified atom stereocenters. The number of nitrogens with one attached hydrogen (secondary N) is 1. The maximum absolute atomic E-state index is 5.82. The molecular weight excluding hydrogens is 248 g/mol. The van der Waals surface area contributed by atoms with Crippen LogP contribution in [0.2, 0.25) is 0 Å². The Bertz CT molecular complexity index is 637. The summed E-state index contributed by atoms with van der Waals surface area (Å²) in [5.41, 5.74) is 10.4. The molecule has 3 rings (SSSR count). The molecule has 104 valence electrons. The number of ether oxygens (including phenoxy) is 1. The standard InChI is InChI=1S/C17H20N2O/c1-11-3-4-12(2)16(7-11)17(19-18)13-5-6-14-9-20-10-15(14)8-13/h3-8,17,19H,9-10,18H2,1-2H3. The van der Waals surface area contributed by atoms with Gasteiger partial charge in [-0.05, 0) is 41.7 Å². The summed E-state index contributed by atoms with van der Waals surface area (Å²) in [5.74, 6) is 5.82. The zero-order valence-corrected chi connectivity index (χ0v) is 11.9. The predicted octanol–water partition coefficient (Wildman–Crippen LogP) is 2.89. The van der Waals surface area contributed by atoms with E-state index < -0.39 is 0 Å². The summed E-state index contributed by atoms with van der Waals surface area (Å²) in [6.07, 6.45) is 0. The van der Waals surface area contributed by atoms with Gasteiger partial charge >= 0.3 is 0 Å². The van der Waals surface area contributed by atoms with Crippen molar-refractivity contribution in [2.75, 3.05) is 0 Å². The van der Waals surface area contributed by atoms with Crippen LogP contribution in [0.3, 0.4) is 0 Å². The Labute approximate surface area is 119 Å². The van der Waals surface area contributed by atoms with Gasteiger partial charge in [0.05, 0.1) is 19.3 Å². The zero-order valence-electron chi connectivity index (χ0n) is 11.9. The lowest BCUT2D eigenvalue weighted by molar-refractivity contribution is 0.134. The largest absolute Gasteiger partial charge is 0.372 e. The van der Waals surface area contributed by atoms with Crippen LogP contribution in [0, 0.1) is 13.8 Å². The van der Waals surface area contributed by atoms with Crippen LogP contribution in [0.4, 0.5) is 0 Å². The van der Waals surface area contributed by atoms with Gasteiger partial charge in [-0.15, -0.1) is 0 Å². The number of hydrogen-bond acceptors (Lipinski definition) is 3. The van der Waals surface area contributed by atoms with Crippen LogP contribution >= 0.6 is 0 Å². The predicted molar refractivity (Wildman–Crippen MR) is 80.0 cm³/mol. The summed E-state index contributed by atoms with van der Waals surface area (Å²) in [4.78, 5) is 0. The number of rotatable bonds is 3. The van der Waals surface area contributed by atoms with Crippen molar-refractivity contribution in [2.45, 2.75) is 33.1 Å². The molecule has 0 spiro atoms. The van der Waals surface area contributed by atoms with Gasteiger partial charge in [-0.25, -0.2) is 5.43 Å². The molecule has 1 aliphatic heterocycles. The molecular formula is C17H20N2O. The van der Waals surface area contributed by atoms with Crippen molar-refractivity contribution < 1.29 is 4.74 Å². The van der Waals surface area contributed by atoms with Gasteiger partial charge in [0.1, 0.15) is 0 Å². The fraction of sp³-hybridized carbons (Fsp3) is 0.294. The molecule has 3 nitrogen and oxygen atoms in total. The maximum atomic E-state index is 5.82. The number of nitrogens with two attached hydrogens (primary N) is 1. The monoisotopic (exact) mass is 268 g/mol. The number of aryl methyl sites for hydroxylation is 2. The third kappa shape index (κ3) is 2.36. The highest BCUT2D eigenvalue weighted by Gasteiger charge is 2.18. The summed E-state index contributed by atoms with van der Waals surface area (Å²) in [7, 11) is 0. The topological polar surface area (TPSA) is 47.3 Å². The van der Waals surface area contributed by atoms with Crippen molar-refractivity contribution >= 4 is 0 Å². The highest BCUT2D eigenvalue weighted by atomic mass is 16.5. The Morgan fingerprint density at radius 1 is 1.05 bits per heavy atom. The van der Waals surface area contributed by atoms with Crippen molar-refractivity contribution in [3.63, 3.8) is 0 Å². The molecule has 2 aromatic rings. The van der Waals surface area contributed by atoms with E-state index in [1.54, 1.807) is 0 Å². The number of fused-ring (bicyclic) bond motifs is 1. The van der Waals surface area contributed by atoms with Gasteiger partial charge in [0.15, 0.2) is 0 Å². The first-order valence-corrected chi connectivity index (χ1v) is 6.92. The molecule has 1 aliphatic rings. The molecule has 0 bridgehead atoms. The molecule has 0 saturated heterocycles. The Hall–Kier alpha value is -1.68. The minimum absolute atomic E-state index is 0.0146. The smallest absolute Gasteiger partial charge is 0.0725 e. The Balaban J connectivity index is 2.03. The van der Waals surface area contributed by atoms with Crippen molar-refractivity contribution in [2.24, 2.45) is 5.84 Å². The maximum Gasteiger partial charge on any atom is 0.0725 e. The molecule has 1 atom stereocenters. The van der Waals surface area contributed by atoms with Gasteiger partial charge < -0.3 is 4.74 Å². The molecule has 0 radical (unpaired) electrons. The van der Waals surface area contributed by atoms with E-state index in [0.717, 1.165) is 6.61 Å². The van der Waals surface area contributed by atoms with Crippen LogP contribution < -0.4 is 11.3 Å². The summed E-state index contributed by atoms with van der Waals surface area (Å²) < 4.78 is 5.48. The minimum Gasteiger partial charge on any atom is -0.372 e. The Morgan fingerprint density at radius 2 is 1.85 bits per heavy atom. The van der Waals surface area contributed by atoms with E-state index in [1.165, 1.54) is 33.4 Å². The number of benzene rings is 2. The first kappa shape index (κ1) is 13.3. The van der Waals surface area contributed by atoms with Crippen molar-refractivity contribution in [1.29, 1.82) is 0 Å². The van der Waals surface area contributed by atoms with Crippen molar-refractivity contribution in [3.05, 3.63) is 69.8 Å². The lowest BCUT2D eigenvalue weighted by Crippen LogP contribution is -2.29. The van der Waals surface area contributed by atoms with E-state index in [-0.39, 0.29) is 6.04 Å². The van der Waals surface area contributed by atoms with Gasteiger partial charge in [-0.3, -0.25) is 5.84 Å². The van der Waals surface area contributed by atoms with Crippen LogP contribution in [0.5, 0.6) is 0 Å². The molecule has 20 heavy (non-hydrogen) atoms. The second kappa shape index (κ2) is 5.37. The normalized spacial score (nSPS) is 15.2. The zero-order chi connectivity index (χ0) is 14.1. The summed E-state index contributed by atoms with van der Waals surface area (Å²) in [6.45, 7) is 5.65. The van der Waals surface area contributed by atoms with Crippen LogP contribution in [-0.2, 0) is 18.0 Å². The number of hydrazine groups is 1. The summed E-state index contributed by atoms with van der Waals surface area (Å²) >= 11 is 0. The number of hydrogen-bond donors (Lipinski definition) is 2. The molecule has 2 aromatic carbocycles. The molecule has 0 amide bonds. The molecule has 3 N–H and O–H groups in total. The first-order valence-electron chi connectivity index (χ1n) is 6.92. The first-order chi connectivity index (χ1) is 9.69. The Morgan fingerprint density at radius 3 is 2.65 bits per heavy atom.